The SMILES string of the molecule is C[C@H]1CCNC[C@@H]1C(O)CC1(c2ccc(Cl)cc2)CCC1. The molecule has 1 saturated heterocycles. The van der Waals surface area contributed by atoms with E-state index in [0.717, 1.165) is 24.5 Å². The first kappa shape index (κ1) is 15.3. The summed E-state index contributed by atoms with van der Waals surface area (Å²) in [7, 11) is 0. The lowest BCUT2D eigenvalue weighted by Crippen LogP contribution is -2.46. The molecular formula is C18H26ClNO. The molecular weight excluding hydrogens is 282 g/mol. The first-order valence-electron chi connectivity index (χ1n) is 8.26. The predicted octanol–water partition coefficient (Wildman–Crippen LogP) is 3.76. The molecule has 0 spiro atoms. The Hall–Kier alpha value is -0.570. The highest BCUT2D eigenvalue weighted by molar-refractivity contribution is 6.30. The summed E-state index contributed by atoms with van der Waals surface area (Å²) in [5.74, 6) is 1.01. The van der Waals surface area contributed by atoms with E-state index in [-0.39, 0.29) is 11.5 Å². The number of hydrogen-bond donors (Lipinski definition) is 2. The van der Waals surface area contributed by atoms with Crippen molar-refractivity contribution in [1.29, 1.82) is 0 Å². The van der Waals surface area contributed by atoms with Crippen LogP contribution in [0.3, 0.4) is 0 Å². The minimum absolute atomic E-state index is 0.182. The molecule has 21 heavy (non-hydrogen) atoms. The summed E-state index contributed by atoms with van der Waals surface area (Å²) >= 11 is 6.01. The molecule has 0 aromatic heterocycles. The summed E-state index contributed by atoms with van der Waals surface area (Å²) in [5.41, 5.74) is 1.54. The monoisotopic (exact) mass is 307 g/mol. The van der Waals surface area contributed by atoms with Crippen LogP contribution in [0.15, 0.2) is 24.3 Å². The van der Waals surface area contributed by atoms with Crippen LogP contribution in [-0.2, 0) is 5.41 Å². The van der Waals surface area contributed by atoms with Crippen molar-refractivity contribution in [1.82, 2.24) is 5.32 Å². The largest absolute Gasteiger partial charge is 0.393 e. The van der Waals surface area contributed by atoms with Gasteiger partial charge < -0.3 is 10.4 Å². The number of hydrogen-bond acceptors (Lipinski definition) is 2. The molecule has 0 bridgehead atoms. The highest BCUT2D eigenvalue weighted by atomic mass is 35.5. The molecule has 2 aliphatic rings. The van der Waals surface area contributed by atoms with Crippen molar-refractivity contribution in [3.05, 3.63) is 34.9 Å². The van der Waals surface area contributed by atoms with Crippen molar-refractivity contribution in [2.45, 2.75) is 50.5 Å². The van der Waals surface area contributed by atoms with Crippen molar-refractivity contribution in [2.24, 2.45) is 11.8 Å². The Balaban J connectivity index is 1.73. The lowest BCUT2D eigenvalue weighted by atomic mass is 9.60. The molecule has 2 fully saturated rings. The fourth-order valence-electron chi connectivity index (χ4n) is 4.10. The Morgan fingerprint density at radius 1 is 1.33 bits per heavy atom. The second-order valence-corrected chi connectivity index (χ2v) is 7.48. The van der Waals surface area contributed by atoms with Crippen LogP contribution in [0.4, 0.5) is 0 Å². The lowest BCUT2D eigenvalue weighted by molar-refractivity contribution is 0.0200. The van der Waals surface area contributed by atoms with Crippen LogP contribution >= 0.6 is 11.6 Å². The number of rotatable bonds is 4. The Kier molecular flexibility index (Phi) is 4.58. The number of aliphatic hydroxyl groups excluding tert-OH is 1. The van der Waals surface area contributed by atoms with Crippen molar-refractivity contribution >= 4 is 11.6 Å². The van der Waals surface area contributed by atoms with Gasteiger partial charge in [-0.1, -0.05) is 37.1 Å². The third kappa shape index (κ3) is 3.13. The summed E-state index contributed by atoms with van der Waals surface area (Å²) in [4.78, 5) is 0. The molecule has 1 aliphatic carbocycles. The second-order valence-electron chi connectivity index (χ2n) is 7.05. The van der Waals surface area contributed by atoms with Crippen molar-refractivity contribution in [3.8, 4) is 0 Å². The topological polar surface area (TPSA) is 32.3 Å². The molecule has 3 rings (SSSR count). The molecule has 1 aliphatic heterocycles. The fraction of sp³-hybridized carbons (Fsp3) is 0.667. The molecule has 0 radical (unpaired) electrons. The van der Waals surface area contributed by atoms with Crippen LogP contribution in [0.1, 0.15) is 44.6 Å². The van der Waals surface area contributed by atoms with Crippen molar-refractivity contribution in [2.75, 3.05) is 13.1 Å². The summed E-state index contributed by atoms with van der Waals surface area (Å²) in [6.07, 6.45) is 5.53. The first-order valence-corrected chi connectivity index (χ1v) is 8.63. The third-order valence-corrected chi connectivity index (χ3v) is 6.00. The normalized spacial score (nSPS) is 29.7. The minimum Gasteiger partial charge on any atom is -0.393 e. The smallest absolute Gasteiger partial charge is 0.0591 e. The molecule has 0 amide bonds. The van der Waals surface area contributed by atoms with E-state index < -0.39 is 0 Å². The maximum Gasteiger partial charge on any atom is 0.0591 e. The van der Waals surface area contributed by atoms with Crippen LogP contribution in [-0.4, -0.2) is 24.3 Å². The van der Waals surface area contributed by atoms with Crippen molar-refractivity contribution in [3.63, 3.8) is 0 Å². The molecule has 3 atom stereocenters. The van der Waals surface area contributed by atoms with Crippen LogP contribution in [0.5, 0.6) is 0 Å². The van der Waals surface area contributed by atoms with E-state index in [1.54, 1.807) is 0 Å². The van der Waals surface area contributed by atoms with Gasteiger partial charge in [0.15, 0.2) is 0 Å². The maximum atomic E-state index is 10.8. The van der Waals surface area contributed by atoms with E-state index in [1.807, 2.05) is 12.1 Å². The van der Waals surface area contributed by atoms with Gasteiger partial charge in [-0.15, -0.1) is 0 Å². The molecule has 1 heterocycles. The van der Waals surface area contributed by atoms with Gasteiger partial charge in [0.05, 0.1) is 6.10 Å². The number of nitrogens with one attached hydrogen (secondary N) is 1. The molecule has 116 valence electrons. The van der Waals surface area contributed by atoms with Gasteiger partial charge in [0, 0.05) is 11.6 Å². The third-order valence-electron chi connectivity index (χ3n) is 5.75. The van der Waals surface area contributed by atoms with Crippen molar-refractivity contribution < 1.29 is 5.11 Å². The average Bonchev–Trinajstić information content (AvgIpc) is 2.44. The van der Waals surface area contributed by atoms with Gasteiger partial charge in [-0.25, -0.2) is 0 Å². The van der Waals surface area contributed by atoms with E-state index in [9.17, 15) is 5.11 Å². The molecule has 1 aromatic carbocycles. The highest BCUT2D eigenvalue weighted by Crippen LogP contribution is 2.48. The quantitative estimate of drug-likeness (QED) is 0.888. The predicted molar refractivity (Wildman–Crippen MR) is 87.7 cm³/mol. The minimum atomic E-state index is -0.205. The average molecular weight is 308 g/mol. The van der Waals surface area contributed by atoms with E-state index in [4.69, 9.17) is 11.6 Å². The van der Waals surface area contributed by atoms with Gasteiger partial charge in [0.2, 0.25) is 0 Å². The van der Waals surface area contributed by atoms with E-state index >= 15 is 0 Å². The van der Waals surface area contributed by atoms with Crippen LogP contribution in [0, 0.1) is 11.8 Å². The van der Waals surface area contributed by atoms with Crippen LogP contribution in [0.25, 0.3) is 0 Å². The zero-order valence-corrected chi connectivity index (χ0v) is 13.6. The van der Waals surface area contributed by atoms with E-state index in [0.29, 0.717) is 11.8 Å². The number of halogens is 1. The summed E-state index contributed by atoms with van der Waals surface area (Å²) in [6, 6.07) is 8.26. The second kappa shape index (κ2) is 6.28. The first-order chi connectivity index (χ1) is 10.1. The zero-order valence-electron chi connectivity index (χ0n) is 12.8. The summed E-state index contributed by atoms with van der Waals surface area (Å²) in [5, 5.41) is 15.0. The maximum absolute atomic E-state index is 10.8. The van der Waals surface area contributed by atoms with Gasteiger partial charge in [0.1, 0.15) is 0 Å². The van der Waals surface area contributed by atoms with Crippen LogP contribution in [0.2, 0.25) is 5.02 Å². The summed E-state index contributed by atoms with van der Waals surface area (Å²) in [6.45, 7) is 4.33. The fourth-order valence-corrected chi connectivity index (χ4v) is 4.22. The molecule has 1 saturated carbocycles. The zero-order chi connectivity index (χ0) is 14.9. The number of aliphatic hydroxyl groups is 1. The Morgan fingerprint density at radius 2 is 2.05 bits per heavy atom. The molecule has 1 aromatic rings. The van der Waals surface area contributed by atoms with Gasteiger partial charge in [-0.05, 0) is 67.2 Å². The number of benzene rings is 1. The van der Waals surface area contributed by atoms with Gasteiger partial charge in [-0.3, -0.25) is 0 Å². The lowest BCUT2D eigenvalue weighted by Gasteiger charge is -2.46. The molecule has 2 N–H and O–H groups in total. The molecule has 2 nitrogen and oxygen atoms in total. The molecule has 1 unspecified atom stereocenters. The highest BCUT2D eigenvalue weighted by Gasteiger charge is 2.42. The van der Waals surface area contributed by atoms with Gasteiger partial charge in [0.25, 0.3) is 0 Å². The Bertz CT molecular complexity index is 469. The molecule has 3 heteroatoms. The Morgan fingerprint density at radius 3 is 2.62 bits per heavy atom. The summed E-state index contributed by atoms with van der Waals surface area (Å²) < 4.78 is 0. The van der Waals surface area contributed by atoms with Crippen LogP contribution < -0.4 is 5.32 Å². The van der Waals surface area contributed by atoms with Gasteiger partial charge in [-0.2, -0.15) is 0 Å². The Labute approximate surface area is 132 Å². The van der Waals surface area contributed by atoms with Gasteiger partial charge >= 0.3 is 0 Å². The number of piperidine rings is 1. The van der Waals surface area contributed by atoms with E-state index in [1.165, 1.54) is 31.2 Å². The standard InChI is InChI=1S/C18H26ClNO/c1-13-7-10-20-12-16(13)17(21)11-18(8-2-9-18)14-3-5-15(19)6-4-14/h3-6,13,16-17,20-21H,2,7-12H2,1H3/t13-,16-,17?/m0/s1. The van der Waals surface area contributed by atoms with E-state index in [2.05, 4.69) is 24.4 Å².